The molecule has 0 aromatic heterocycles. The molecule has 2 aromatic carbocycles. The Morgan fingerprint density at radius 1 is 0.679 bits per heavy atom. The molecule has 2 rings (SSSR count). The Balaban J connectivity index is 1.72. The third kappa shape index (κ3) is 7.06. The Morgan fingerprint density at radius 2 is 1.04 bits per heavy atom. The zero-order chi connectivity index (χ0) is 20.2. The van der Waals surface area contributed by atoms with Crippen molar-refractivity contribution in [3.05, 3.63) is 48.5 Å². The van der Waals surface area contributed by atoms with E-state index in [-0.39, 0.29) is 0 Å². The van der Waals surface area contributed by atoms with E-state index in [1.54, 1.807) is 48.5 Å². The second-order valence-electron chi connectivity index (χ2n) is 5.90. The van der Waals surface area contributed by atoms with E-state index in [0.29, 0.717) is 24.6 Å². The minimum absolute atomic E-state index is 0.626. The zero-order valence-electron chi connectivity index (χ0n) is 16.1. The van der Waals surface area contributed by atoms with Crippen molar-refractivity contribution in [2.45, 2.75) is 26.7 Å². The molecule has 0 aliphatic carbocycles. The molecular weight excluding hydrogens is 360 g/mol. The van der Waals surface area contributed by atoms with Crippen LogP contribution in [-0.2, 0) is 9.59 Å². The number of ether oxygens (including phenoxy) is 2. The first-order valence-electron chi connectivity index (χ1n) is 9.20. The molecule has 2 amide bonds. The van der Waals surface area contributed by atoms with Crippen molar-refractivity contribution < 1.29 is 19.1 Å². The van der Waals surface area contributed by atoms with E-state index in [4.69, 9.17) is 9.47 Å². The van der Waals surface area contributed by atoms with Gasteiger partial charge in [-0.25, -0.2) is 0 Å². The lowest BCUT2D eigenvalue weighted by Crippen LogP contribution is -2.44. The van der Waals surface area contributed by atoms with Crippen molar-refractivity contribution in [2.24, 2.45) is 0 Å². The number of carbonyl (C=O) groups excluding carboxylic acids is 2. The molecule has 0 aliphatic heterocycles. The molecule has 0 radical (unpaired) electrons. The molecule has 4 N–H and O–H groups in total. The fraction of sp³-hybridized carbons (Fsp3) is 0.300. The molecule has 0 aliphatic rings. The first kappa shape index (κ1) is 20.9. The molecule has 28 heavy (non-hydrogen) atoms. The fourth-order valence-corrected chi connectivity index (χ4v) is 2.08. The third-order valence-corrected chi connectivity index (χ3v) is 3.50. The Hall–Kier alpha value is -3.42. The minimum Gasteiger partial charge on any atom is -0.494 e. The van der Waals surface area contributed by atoms with Crippen molar-refractivity contribution in [3.63, 3.8) is 0 Å². The average molecular weight is 386 g/mol. The van der Waals surface area contributed by atoms with Gasteiger partial charge in [0, 0.05) is 0 Å². The van der Waals surface area contributed by atoms with E-state index in [1.165, 1.54) is 0 Å². The molecule has 8 nitrogen and oxygen atoms in total. The predicted octanol–water partition coefficient (Wildman–Crippen LogP) is 2.85. The second-order valence-corrected chi connectivity index (χ2v) is 5.90. The molecule has 0 atom stereocenters. The lowest BCUT2D eigenvalue weighted by molar-refractivity contribution is -0.138. The summed E-state index contributed by atoms with van der Waals surface area (Å²) in [5, 5.41) is 0. The van der Waals surface area contributed by atoms with Crippen LogP contribution in [0.3, 0.4) is 0 Å². The fourth-order valence-electron chi connectivity index (χ4n) is 2.08. The Labute approximate surface area is 164 Å². The molecular formula is C20H26N4O4. The quantitative estimate of drug-likeness (QED) is 0.370. The summed E-state index contributed by atoms with van der Waals surface area (Å²) in [6.07, 6.45) is 1.85. The number of anilines is 2. The summed E-state index contributed by atoms with van der Waals surface area (Å²) < 4.78 is 11.0. The number of carbonyl (C=O) groups is 2. The summed E-state index contributed by atoms with van der Waals surface area (Å²) in [5.74, 6) is -0.179. The van der Waals surface area contributed by atoms with Gasteiger partial charge < -0.3 is 9.47 Å². The predicted molar refractivity (Wildman–Crippen MR) is 108 cm³/mol. The highest BCUT2D eigenvalue weighted by atomic mass is 16.5. The van der Waals surface area contributed by atoms with Gasteiger partial charge in [-0.2, -0.15) is 0 Å². The summed E-state index contributed by atoms with van der Waals surface area (Å²) in [4.78, 5) is 23.7. The van der Waals surface area contributed by atoms with Crippen LogP contribution in [-0.4, -0.2) is 25.0 Å². The molecule has 0 heterocycles. The van der Waals surface area contributed by atoms with Crippen molar-refractivity contribution in [3.8, 4) is 11.5 Å². The zero-order valence-corrected chi connectivity index (χ0v) is 16.1. The van der Waals surface area contributed by atoms with Crippen molar-refractivity contribution in [1.82, 2.24) is 10.9 Å². The number of hydrazine groups is 2. The summed E-state index contributed by atoms with van der Waals surface area (Å²) in [6.45, 7) is 5.35. The van der Waals surface area contributed by atoms with Crippen LogP contribution >= 0.6 is 0 Å². The molecule has 2 aromatic rings. The minimum atomic E-state index is -0.832. The summed E-state index contributed by atoms with van der Waals surface area (Å²) in [7, 11) is 0. The van der Waals surface area contributed by atoms with Gasteiger partial charge in [-0.1, -0.05) is 13.8 Å². The first-order chi connectivity index (χ1) is 13.6. The Morgan fingerprint density at radius 3 is 1.36 bits per heavy atom. The number of rotatable bonds is 10. The standard InChI is InChI=1S/C20H26N4O4/c1-3-13-27-17-9-5-15(6-10-17)21-23-19(25)20(26)24-22-16-7-11-18(12-8-16)28-14-4-2/h5-12,21-22H,3-4,13-14H2,1-2H3,(H,23,25)(H,24,26). The summed E-state index contributed by atoms with van der Waals surface area (Å²) in [5.41, 5.74) is 11.3. The normalized spacial score (nSPS) is 9.93. The van der Waals surface area contributed by atoms with E-state index >= 15 is 0 Å². The molecule has 0 saturated heterocycles. The van der Waals surface area contributed by atoms with Gasteiger partial charge in [0.1, 0.15) is 11.5 Å². The van der Waals surface area contributed by atoms with E-state index in [2.05, 4.69) is 21.7 Å². The highest BCUT2D eigenvalue weighted by molar-refractivity contribution is 6.35. The van der Waals surface area contributed by atoms with Gasteiger partial charge in [0.05, 0.1) is 24.6 Å². The summed E-state index contributed by atoms with van der Waals surface area (Å²) in [6, 6.07) is 14.1. The Kier molecular flexibility index (Phi) is 8.45. The monoisotopic (exact) mass is 386 g/mol. The number of benzene rings is 2. The molecule has 0 bridgehead atoms. The van der Waals surface area contributed by atoms with Crippen LogP contribution in [0.15, 0.2) is 48.5 Å². The van der Waals surface area contributed by atoms with Crippen LogP contribution in [0.5, 0.6) is 11.5 Å². The largest absolute Gasteiger partial charge is 0.494 e. The van der Waals surface area contributed by atoms with E-state index < -0.39 is 11.8 Å². The van der Waals surface area contributed by atoms with E-state index in [0.717, 1.165) is 24.3 Å². The smallest absolute Gasteiger partial charge is 0.329 e. The molecule has 0 spiro atoms. The highest BCUT2D eigenvalue weighted by Crippen LogP contribution is 2.16. The number of amides is 2. The van der Waals surface area contributed by atoms with Gasteiger partial charge in [0.2, 0.25) is 0 Å². The second kappa shape index (κ2) is 11.3. The van der Waals surface area contributed by atoms with Gasteiger partial charge in [0.25, 0.3) is 0 Å². The van der Waals surface area contributed by atoms with E-state index in [9.17, 15) is 9.59 Å². The van der Waals surface area contributed by atoms with Crippen LogP contribution < -0.4 is 31.2 Å². The maximum atomic E-state index is 11.8. The molecule has 0 saturated carbocycles. The first-order valence-corrected chi connectivity index (χ1v) is 9.20. The van der Waals surface area contributed by atoms with Crippen molar-refractivity contribution in [2.75, 3.05) is 24.1 Å². The van der Waals surface area contributed by atoms with Crippen molar-refractivity contribution in [1.29, 1.82) is 0 Å². The topological polar surface area (TPSA) is 101 Å². The van der Waals surface area contributed by atoms with E-state index in [1.807, 2.05) is 13.8 Å². The number of hydrogen-bond acceptors (Lipinski definition) is 6. The van der Waals surface area contributed by atoms with Crippen LogP contribution in [0.1, 0.15) is 26.7 Å². The third-order valence-electron chi connectivity index (χ3n) is 3.50. The maximum absolute atomic E-state index is 11.8. The Bertz CT molecular complexity index is 682. The molecule has 0 fully saturated rings. The van der Waals surface area contributed by atoms with Crippen molar-refractivity contribution >= 4 is 23.2 Å². The lowest BCUT2D eigenvalue weighted by Gasteiger charge is -2.11. The van der Waals surface area contributed by atoms with Gasteiger partial charge >= 0.3 is 11.8 Å². The van der Waals surface area contributed by atoms with Gasteiger partial charge in [-0.05, 0) is 61.4 Å². The van der Waals surface area contributed by atoms with Crippen LogP contribution in [0.2, 0.25) is 0 Å². The van der Waals surface area contributed by atoms with Crippen LogP contribution in [0.4, 0.5) is 11.4 Å². The van der Waals surface area contributed by atoms with Crippen LogP contribution in [0.25, 0.3) is 0 Å². The van der Waals surface area contributed by atoms with Gasteiger partial charge in [0.15, 0.2) is 0 Å². The number of nitrogens with one attached hydrogen (secondary N) is 4. The van der Waals surface area contributed by atoms with Gasteiger partial charge in [-0.3, -0.25) is 31.3 Å². The summed E-state index contributed by atoms with van der Waals surface area (Å²) >= 11 is 0. The number of hydrogen-bond donors (Lipinski definition) is 4. The molecule has 8 heteroatoms. The lowest BCUT2D eigenvalue weighted by atomic mass is 10.3. The molecule has 150 valence electrons. The average Bonchev–Trinajstić information content (AvgIpc) is 2.74. The van der Waals surface area contributed by atoms with Crippen LogP contribution in [0, 0.1) is 0 Å². The molecule has 0 unspecified atom stereocenters. The SMILES string of the molecule is CCCOc1ccc(NNC(=O)C(=O)NNc2ccc(OCCC)cc2)cc1. The van der Waals surface area contributed by atoms with Gasteiger partial charge in [-0.15, -0.1) is 0 Å². The maximum Gasteiger partial charge on any atom is 0.329 e. The highest BCUT2D eigenvalue weighted by Gasteiger charge is 2.12.